The molecular weight excluding hydrogens is 865 g/mol. The average Bonchev–Trinajstić information content (AvgIpc) is 3.39. The van der Waals surface area contributed by atoms with Gasteiger partial charge in [0.1, 0.15) is 0 Å². The zero-order valence-corrected chi connectivity index (χ0v) is 43.1. The van der Waals surface area contributed by atoms with E-state index < -0.39 is 0 Å². The van der Waals surface area contributed by atoms with E-state index in [0.29, 0.717) is 0 Å². The first-order valence-corrected chi connectivity index (χ1v) is 25.2. The molecule has 0 saturated heterocycles. The maximum absolute atomic E-state index is 2.27. The SMILES string of the molecule is Cc1ccc(-c2ccc3cc(C)ccc3c2)cc1.Cc1ccc(-c2cccc3c(C)cccc23)cc1.Cc1cccc(-c2ccc3cc(C)ccc3c2)c1.Cc1cccc(-c2cccc3c(C)cccc23)c1. The molecule has 0 aliphatic carbocycles. The lowest BCUT2D eigenvalue weighted by molar-refractivity contribution is 1.47. The number of fused-ring (bicyclic) bond motifs is 4. The van der Waals surface area contributed by atoms with Gasteiger partial charge in [0, 0.05) is 0 Å². The van der Waals surface area contributed by atoms with Crippen molar-refractivity contribution in [1.29, 1.82) is 0 Å². The van der Waals surface area contributed by atoms with Gasteiger partial charge in [-0.2, -0.15) is 0 Å². The van der Waals surface area contributed by atoms with Crippen molar-refractivity contribution in [3.63, 3.8) is 0 Å². The summed E-state index contributed by atoms with van der Waals surface area (Å²) in [6.45, 7) is 17.1. The lowest BCUT2D eigenvalue weighted by atomic mass is 9.95. The van der Waals surface area contributed by atoms with Crippen LogP contribution in [0.1, 0.15) is 44.5 Å². The molecule has 0 aliphatic rings. The quantitative estimate of drug-likeness (QED) is 0.165. The molecule has 12 aromatic carbocycles. The molecule has 0 aliphatic heterocycles. The molecule has 0 nitrogen and oxygen atoms in total. The van der Waals surface area contributed by atoms with Gasteiger partial charge in [-0.05, 0) is 166 Å². The van der Waals surface area contributed by atoms with Gasteiger partial charge in [0.15, 0.2) is 0 Å². The van der Waals surface area contributed by atoms with E-state index in [9.17, 15) is 0 Å². The highest BCUT2D eigenvalue weighted by atomic mass is 14.1. The van der Waals surface area contributed by atoms with E-state index in [-0.39, 0.29) is 0 Å². The molecule has 0 heterocycles. The summed E-state index contributed by atoms with van der Waals surface area (Å²) in [5.41, 5.74) is 20.9. The topological polar surface area (TPSA) is 0 Å². The Hall–Kier alpha value is -8.32. The van der Waals surface area contributed by atoms with Crippen molar-refractivity contribution in [2.75, 3.05) is 0 Å². The van der Waals surface area contributed by atoms with Gasteiger partial charge in [-0.15, -0.1) is 0 Å². The third-order valence-corrected chi connectivity index (χ3v) is 13.7. The van der Waals surface area contributed by atoms with Gasteiger partial charge in [0.05, 0.1) is 0 Å². The molecule has 0 unspecified atom stereocenters. The monoisotopic (exact) mass is 929 g/mol. The maximum atomic E-state index is 2.27. The Morgan fingerprint density at radius 3 is 1.00 bits per heavy atom. The Kier molecular flexibility index (Phi) is 15.0. The molecular formula is C72H64. The molecule has 0 fully saturated rings. The molecule has 0 saturated carbocycles. The minimum atomic E-state index is 1.28. The zero-order valence-electron chi connectivity index (χ0n) is 43.1. The van der Waals surface area contributed by atoms with E-state index in [4.69, 9.17) is 0 Å². The number of rotatable bonds is 4. The summed E-state index contributed by atoms with van der Waals surface area (Å²) < 4.78 is 0. The minimum absolute atomic E-state index is 1.28. The van der Waals surface area contributed by atoms with Crippen LogP contribution < -0.4 is 0 Å². The van der Waals surface area contributed by atoms with Crippen LogP contribution in [-0.4, -0.2) is 0 Å². The fourth-order valence-electron chi connectivity index (χ4n) is 9.64. The summed E-state index contributed by atoms with van der Waals surface area (Å²) in [5, 5.41) is 10.6. The number of benzene rings is 12. The van der Waals surface area contributed by atoms with Crippen LogP contribution >= 0.6 is 0 Å². The Balaban J connectivity index is 0.000000119. The van der Waals surface area contributed by atoms with Gasteiger partial charge in [0.25, 0.3) is 0 Å². The van der Waals surface area contributed by atoms with Crippen molar-refractivity contribution in [2.24, 2.45) is 0 Å². The molecule has 0 atom stereocenters. The van der Waals surface area contributed by atoms with Crippen LogP contribution in [0.3, 0.4) is 0 Å². The van der Waals surface area contributed by atoms with E-state index in [1.54, 1.807) is 0 Å². The van der Waals surface area contributed by atoms with Crippen LogP contribution in [0, 0.1) is 55.4 Å². The minimum Gasteiger partial charge on any atom is -0.0614 e. The standard InChI is InChI=1S/4C18H16/c1-13-3-6-15(7-4-13)17-10-9-16-11-14(2)5-8-18(16)12-17;1-13-6-3-8-15(12-13)17-10-5-9-16-14(2)7-4-11-18(16)17;1-13-9-11-15(12-10-13)17-7-4-6-16-14(2)5-3-8-18(16)17;1-13-4-3-5-15(10-13)18-9-8-16-11-14(2)6-7-17(16)12-18/h4*3-12H,1-2H3. The van der Waals surface area contributed by atoms with Crippen molar-refractivity contribution in [2.45, 2.75) is 55.4 Å². The van der Waals surface area contributed by atoms with Crippen molar-refractivity contribution >= 4 is 43.1 Å². The van der Waals surface area contributed by atoms with Gasteiger partial charge >= 0.3 is 0 Å². The third-order valence-electron chi connectivity index (χ3n) is 13.7. The molecule has 0 aromatic heterocycles. The lowest BCUT2D eigenvalue weighted by Gasteiger charge is -2.09. The van der Waals surface area contributed by atoms with Crippen molar-refractivity contribution in [3.8, 4) is 44.5 Å². The van der Waals surface area contributed by atoms with Crippen LogP contribution in [0.4, 0.5) is 0 Å². The van der Waals surface area contributed by atoms with E-state index in [1.807, 2.05) is 0 Å². The van der Waals surface area contributed by atoms with Gasteiger partial charge in [-0.3, -0.25) is 0 Å². The smallest absolute Gasteiger partial charge is 0.0103 e. The van der Waals surface area contributed by atoms with E-state index in [1.165, 1.54) is 132 Å². The normalized spacial score (nSPS) is 10.8. The van der Waals surface area contributed by atoms with Crippen LogP contribution in [-0.2, 0) is 0 Å². The first-order chi connectivity index (χ1) is 34.9. The van der Waals surface area contributed by atoms with Crippen LogP contribution in [0.2, 0.25) is 0 Å². The second-order valence-corrected chi connectivity index (χ2v) is 19.6. The summed E-state index contributed by atoms with van der Waals surface area (Å²) in [5.74, 6) is 0. The summed E-state index contributed by atoms with van der Waals surface area (Å²) in [6.07, 6.45) is 0. The van der Waals surface area contributed by atoms with Crippen LogP contribution in [0.25, 0.3) is 87.6 Å². The number of hydrogen-bond donors (Lipinski definition) is 0. The summed E-state index contributed by atoms with van der Waals surface area (Å²) >= 11 is 0. The Bertz CT molecular complexity index is 3810. The highest BCUT2D eigenvalue weighted by Gasteiger charge is 2.07. The molecule has 0 amide bonds. The molecule has 0 bridgehead atoms. The van der Waals surface area contributed by atoms with Crippen molar-refractivity contribution < 1.29 is 0 Å². The largest absolute Gasteiger partial charge is 0.0614 e. The Labute approximate surface area is 427 Å². The number of aryl methyl sites for hydroxylation is 8. The highest BCUT2D eigenvalue weighted by Crippen LogP contribution is 2.33. The average molecular weight is 929 g/mol. The van der Waals surface area contributed by atoms with E-state index in [2.05, 4.69) is 298 Å². The molecule has 352 valence electrons. The second-order valence-electron chi connectivity index (χ2n) is 19.6. The van der Waals surface area contributed by atoms with Gasteiger partial charge < -0.3 is 0 Å². The van der Waals surface area contributed by atoms with Gasteiger partial charge in [0.2, 0.25) is 0 Å². The Morgan fingerprint density at radius 2 is 0.500 bits per heavy atom. The molecule has 0 heteroatoms. The van der Waals surface area contributed by atoms with Crippen molar-refractivity contribution in [3.05, 3.63) is 287 Å². The molecule has 0 spiro atoms. The molecule has 0 N–H and O–H groups in total. The molecule has 12 aromatic rings. The van der Waals surface area contributed by atoms with Crippen LogP contribution in [0.15, 0.2) is 243 Å². The first kappa shape index (κ1) is 48.7. The maximum Gasteiger partial charge on any atom is -0.0103 e. The van der Waals surface area contributed by atoms with E-state index in [0.717, 1.165) is 0 Å². The fraction of sp³-hybridized carbons (Fsp3) is 0.111. The second kappa shape index (κ2) is 22.2. The summed E-state index contributed by atoms with van der Waals surface area (Å²) in [4.78, 5) is 0. The van der Waals surface area contributed by atoms with E-state index >= 15 is 0 Å². The predicted octanol–water partition coefficient (Wildman–Crippen LogP) is 20.5. The van der Waals surface area contributed by atoms with Gasteiger partial charge in [-0.1, -0.05) is 264 Å². The number of hydrogen-bond acceptors (Lipinski definition) is 0. The highest BCUT2D eigenvalue weighted by molar-refractivity contribution is 5.99. The van der Waals surface area contributed by atoms with Crippen molar-refractivity contribution in [1.82, 2.24) is 0 Å². The predicted molar refractivity (Wildman–Crippen MR) is 315 cm³/mol. The van der Waals surface area contributed by atoms with Gasteiger partial charge in [-0.25, -0.2) is 0 Å². The van der Waals surface area contributed by atoms with Crippen LogP contribution in [0.5, 0.6) is 0 Å². The summed E-state index contributed by atoms with van der Waals surface area (Å²) in [6, 6.07) is 87.4. The zero-order chi connectivity index (χ0) is 50.1. The molecule has 72 heavy (non-hydrogen) atoms. The third kappa shape index (κ3) is 11.6. The Morgan fingerprint density at radius 1 is 0.181 bits per heavy atom. The first-order valence-electron chi connectivity index (χ1n) is 25.2. The fourth-order valence-corrected chi connectivity index (χ4v) is 9.64. The summed E-state index contributed by atoms with van der Waals surface area (Å²) in [7, 11) is 0. The molecule has 0 radical (unpaired) electrons. The molecule has 12 rings (SSSR count). The lowest BCUT2D eigenvalue weighted by Crippen LogP contribution is -1.84.